The third-order valence-electron chi connectivity index (χ3n) is 6.03. The SMILES string of the molecule is CC(NCc1ccc2c(c1)C(=O)N(C1CCC(=O)NC1=O)C2)C1CCNC1. The van der Waals surface area contributed by atoms with Crippen LogP contribution in [0.15, 0.2) is 18.2 Å². The molecule has 3 aliphatic rings. The van der Waals surface area contributed by atoms with Crippen molar-refractivity contribution in [3.8, 4) is 0 Å². The maximum Gasteiger partial charge on any atom is 0.255 e. The first-order valence-corrected chi connectivity index (χ1v) is 9.73. The summed E-state index contributed by atoms with van der Waals surface area (Å²) in [6, 6.07) is 5.84. The Labute approximate surface area is 158 Å². The summed E-state index contributed by atoms with van der Waals surface area (Å²) in [6.07, 6.45) is 1.86. The van der Waals surface area contributed by atoms with Crippen LogP contribution in [0.25, 0.3) is 0 Å². The van der Waals surface area contributed by atoms with Crippen molar-refractivity contribution < 1.29 is 14.4 Å². The van der Waals surface area contributed by atoms with E-state index in [1.165, 1.54) is 6.42 Å². The number of hydrogen-bond donors (Lipinski definition) is 3. The fourth-order valence-electron chi connectivity index (χ4n) is 4.26. The minimum Gasteiger partial charge on any atom is -0.322 e. The average Bonchev–Trinajstić information content (AvgIpc) is 3.29. The molecule has 4 rings (SSSR count). The van der Waals surface area contributed by atoms with E-state index in [1.54, 1.807) is 4.90 Å². The van der Waals surface area contributed by atoms with E-state index in [2.05, 4.69) is 22.9 Å². The second-order valence-corrected chi connectivity index (χ2v) is 7.81. The lowest BCUT2D eigenvalue weighted by atomic mass is 10.00. The van der Waals surface area contributed by atoms with Crippen molar-refractivity contribution in [2.24, 2.45) is 5.92 Å². The Hall–Kier alpha value is -2.25. The minimum atomic E-state index is -0.556. The maximum absolute atomic E-state index is 12.9. The molecule has 0 aliphatic carbocycles. The predicted octanol–water partition coefficient (Wildman–Crippen LogP) is 0.535. The number of carbonyl (C=O) groups excluding carboxylic acids is 3. The Bertz CT molecular complexity index is 772. The van der Waals surface area contributed by atoms with Crippen LogP contribution in [0.4, 0.5) is 0 Å². The third kappa shape index (κ3) is 3.61. The number of hydrogen-bond acceptors (Lipinski definition) is 5. The highest BCUT2D eigenvalue weighted by Gasteiger charge is 2.39. The molecule has 3 heterocycles. The van der Waals surface area contributed by atoms with E-state index >= 15 is 0 Å². The van der Waals surface area contributed by atoms with Crippen LogP contribution >= 0.6 is 0 Å². The summed E-state index contributed by atoms with van der Waals surface area (Å²) >= 11 is 0. The highest BCUT2D eigenvalue weighted by Crippen LogP contribution is 2.28. The molecule has 3 aliphatic heterocycles. The van der Waals surface area contributed by atoms with E-state index in [1.807, 2.05) is 18.2 Å². The van der Waals surface area contributed by atoms with Gasteiger partial charge >= 0.3 is 0 Å². The Kier molecular flexibility index (Phi) is 4.97. The first-order valence-electron chi connectivity index (χ1n) is 9.73. The van der Waals surface area contributed by atoms with Crippen LogP contribution < -0.4 is 16.0 Å². The normalized spacial score (nSPS) is 26.3. The smallest absolute Gasteiger partial charge is 0.255 e. The lowest BCUT2D eigenvalue weighted by molar-refractivity contribution is -0.136. The Morgan fingerprint density at radius 1 is 1.26 bits per heavy atom. The number of carbonyl (C=O) groups is 3. The van der Waals surface area contributed by atoms with E-state index in [4.69, 9.17) is 0 Å². The van der Waals surface area contributed by atoms with Crippen molar-refractivity contribution in [1.29, 1.82) is 0 Å². The minimum absolute atomic E-state index is 0.116. The van der Waals surface area contributed by atoms with Crippen LogP contribution in [0.5, 0.6) is 0 Å². The van der Waals surface area contributed by atoms with Gasteiger partial charge in [-0.25, -0.2) is 0 Å². The number of fused-ring (bicyclic) bond motifs is 1. The van der Waals surface area contributed by atoms with Gasteiger partial charge in [0, 0.05) is 31.1 Å². The average molecular weight is 370 g/mol. The Morgan fingerprint density at radius 3 is 2.85 bits per heavy atom. The third-order valence-corrected chi connectivity index (χ3v) is 6.03. The zero-order valence-electron chi connectivity index (χ0n) is 15.6. The molecule has 7 heteroatoms. The number of nitrogens with zero attached hydrogens (tertiary/aromatic N) is 1. The van der Waals surface area contributed by atoms with Gasteiger partial charge in [-0.2, -0.15) is 0 Å². The molecular formula is C20H26N4O3. The number of benzene rings is 1. The summed E-state index contributed by atoms with van der Waals surface area (Å²) in [5.41, 5.74) is 2.70. The Morgan fingerprint density at radius 2 is 2.11 bits per heavy atom. The molecule has 7 nitrogen and oxygen atoms in total. The molecule has 0 radical (unpaired) electrons. The van der Waals surface area contributed by atoms with Crippen molar-refractivity contribution in [1.82, 2.24) is 20.9 Å². The first-order chi connectivity index (χ1) is 13.0. The van der Waals surface area contributed by atoms with Gasteiger partial charge in [-0.1, -0.05) is 12.1 Å². The quantitative estimate of drug-likeness (QED) is 0.658. The molecule has 144 valence electrons. The molecule has 1 aromatic carbocycles. The van der Waals surface area contributed by atoms with Gasteiger partial charge in [0.05, 0.1) is 0 Å². The molecule has 1 aromatic rings. The molecule has 3 amide bonds. The van der Waals surface area contributed by atoms with Crippen molar-refractivity contribution in [2.45, 2.75) is 51.4 Å². The van der Waals surface area contributed by atoms with Gasteiger partial charge in [-0.05, 0) is 56.0 Å². The van der Waals surface area contributed by atoms with E-state index in [-0.39, 0.29) is 24.1 Å². The molecule has 3 atom stereocenters. The predicted molar refractivity (Wildman–Crippen MR) is 99.8 cm³/mol. The molecule has 27 heavy (non-hydrogen) atoms. The monoisotopic (exact) mass is 370 g/mol. The van der Waals surface area contributed by atoms with E-state index in [0.29, 0.717) is 30.5 Å². The van der Waals surface area contributed by atoms with E-state index in [9.17, 15) is 14.4 Å². The number of piperidine rings is 1. The van der Waals surface area contributed by atoms with Gasteiger partial charge < -0.3 is 15.5 Å². The molecule has 0 aromatic heterocycles. The molecule has 2 saturated heterocycles. The van der Waals surface area contributed by atoms with Gasteiger partial charge in [0.15, 0.2) is 0 Å². The van der Waals surface area contributed by atoms with Crippen molar-refractivity contribution >= 4 is 17.7 Å². The molecule has 2 fully saturated rings. The highest BCUT2D eigenvalue weighted by atomic mass is 16.2. The maximum atomic E-state index is 12.9. The highest BCUT2D eigenvalue weighted by molar-refractivity contribution is 6.05. The molecule has 3 N–H and O–H groups in total. The lowest BCUT2D eigenvalue weighted by Crippen LogP contribution is -2.52. The fourth-order valence-corrected chi connectivity index (χ4v) is 4.26. The van der Waals surface area contributed by atoms with Crippen LogP contribution in [0.3, 0.4) is 0 Å². The number of nitrogens with one attached hydrogen (secondary N) is 3. The largest absolute Gasteiger partial charge is 0.322 e. The summed E-state index contributed by atoms with van der Waals surface area (Å²) in [6.45, 7) is 5.49. The van der Waals surface area contributed by atoms with E-state index < -0.39 is 6.04 Å². The summed E-state index contributed by atoms with van der Waals surface area (Å²) in [5.74, 6) is -0.105. The second kappa shape index (κ2) is 7.40. The Balaban J connectivity index is 1.42. The number of imide groups is 1. The molecule has 0 saturated carbocycles. The van der Waals surface area contributed by atoms with E-state index in [0.717, 1.165) is 30.8 Å². The molecular weight excluding hydrogens is 344 g/mol. The van der Waals surface area contributed by atoms with Crippen LogP contribution in [0.2, 0.25) is 0 Å². The van der Waals surface area contributed by atoms with Crippen LogP contribution in [-0.4, -0.2) is 47.8 Å². The van der Waals surface area contributed by atoms with Gasteiger partial charge in [0.1, 0.15) is 6.04 Å². The lowest BCUT2D eigenvalue weighted by Gasteiger charge is -2.29. The summed E-state index contributed by atoms with van der Waals surface area (Å²) in [4.78, 5) is 37.9. The van der Waals surface area contributed by atoms with Gasteiger partial charge in [0.25, 0.3) is 5.91 Å². The van der Waals surface area contributed by atoms with Gasteiger partial charge in [-0.15, -0.1) is 0 Å². The summed E-state index contributed by atoms with van der Waals surface area (Å²) in [5, 5.41) is 9.29. The van der Waals surface area contributed by atoms with Crippen molar-refractivity contribution in [3.63, 3.8) is 0 Å². The second-order valence-electron chi connectivity index (χ2n) is 7.81. The molecule has 0 spiro atoms. The molecule has 0 bridgehead atoms. The molecule has 3 unspecified atom stereocenters. The van der Waals surface area contributed by atoms with Gasteiger partial charge in [-0.3, -0.25) is 19.7 Å². The topological polar surface area (TPSA) is 90.5 Å². The van der Waals surface area contributed by atoms with Gasteiger partial charge in [0.2, 0.25) is 11.8 Å². The first kappa shape index (κ1) is 18.1. The van der Waals surface area contributed by atoms with Crippen LogP contribution in [0.1, 0.15) is 47.7 Å². The zero-order valence-corrected chi connectivity index (χ0v) is 15.6. The van der Waals surface area contributed by atoms with Crippen molar-refractivity contribution in [2.75, 3.05) is 13.1 Å². The number of rotatable bonds is 5. The standard InChI is InChI=1S/C20H26N4O3/c1-12(14-6-7-21-10-14)22-9-13-2-3-15-11-24(20(27)16(15)8-13)17-4-5-18(25)23-19(17)26/h2-3,8,12,14,17,21-22H,4-7,9-11H2,1H3,(H,23,25,26). The fraction of sp³-hybridized carbons (Fsp3) is 0.550. The van der Waals surface area contributed by atoms with Crippen molar-refractivity contribution in [3.05, 3.63) is 34.9 Å². The van der Waals surface area contributed by atoms with Crippen LogP contribution in [-0.2, 0) is 22.7 Å². The zero-order chi connectivity index (χ0) is 19.0. The summed E-state index contributed by atoms with van der Waals surface area (Å²) < 4.78 is 0. The number of amides is 3. The van der Waals surface area contributed by atoms with Crippen LogP contribution in [0, 0.1) is 5.92 Å². The summed E-state index contributed by atoms with van der Waals surface area (Å²) in [7, 11) is 0.